The largest absolute Gasteiger partial charge is 0.491 e. The van der Waals surface area contributed by atoms with Gasteiger partial charge in [0.15, 0.2) is 0 Å². The van der Waals surface area contributed by atoms with Gasteiger partial charge in [0.1, 0.15) is 12.4 Å². The van der Waals surface area contributed by atoms with Gasteiger partial charge in [0.05, 0.1) is 6.10 Å². The van der Waals surface area contributed by atoms with Crippen LogP contribution in [0.4, 0.5) is 0 Å². The molecule has 0 aliphatic heterocycles. The van der Waals surface area contributed by atoms with Gasteiger partial charge in [-0.3, -0.25) is 0 Å². The van der Waals surface area contributed by atoms with Crippen molar-refractivity contribution < 1.29 is 9.84 Å². The van der Waals surface area contributed by atoms with Crippen molar-refractivity contribution >= 4 is 11.3 Å². The fourth-order valence-electron chi connectivity index (χ4n) is 1.62. The van der Waals surface area contributed by atoms with Gasteiger partial charge in [-0.15, -0.1) is 11.3 Å². The Balaban J connectivity index is 1.84. The van der Waals surface area contributed by atoms with Gasteiger partial charge in [-0.2, -0.15) is 0 Å². The van der Waals surface area contributed by atoms with E-state index >= 15 is 0 Å². The lowest BCUT2D eigenvalue weighted by Crippen LogP contribution is -2.19. The van der Waals surface area contributed by atoms with Crippen LogP contribution < -0.4 is 4.74 Å². The van der Waals surface area contributed by atoms with E-state index in [4.69, 9.17) is 4.74 Å². The van der Waals surface area contributed by atoms with E-state index in [-0.39, 0.29) is 0 Å². The number of hydrogen-bond acceptors (Lipinski definition) is 3. The molecule has 0 spiro atoms. The van der Waals surface area contributed by atoms with Crippen LogP contribution in [-0.2, 0) is 6.42 Å². The van der Waals surface area contributed by atoms with Gasteiger partial charge in [0, 0.05) is 11.3 Å². The molecule has 0 fully saturated rings. The summed E-state index contributed by atoms with van der Waals surface area (Å²) < 4.78 is 5.60. The number of para-hydroxylation sites is 1. The van der Waals surface area contributed by atoms with Gasteiger partial charge >= 0.3 is 0 Å². The van der Waals surface area contributed by atoms with Crippen molar-refractivity contribution in [3.63, 3.8) is 0 Å². The third-order valence-electron chi connectivity index (χ3n) is 2.54. The highest BCUT2D eigenvalue weighted by atomic mass is 32.1. The molecule has 1 atom stereocenters. The van der Waals surface area contributed by atoms with E-state index in [1.807, 2.05) is 48.7 Å². The van der Waals surface area contributed by atoms with Gasteiger partial charge in [-0.25, -0.2) is 0 Å². The molecule has 0 amide bonds. The van der Waals surface area contributed by atoms with Crippen molar-refractivity contribution in [1.29, 1.82) is 0 Å². The Bertz CT molecular complexity index is 451. The molecule has 17 heavy (non-hydrogen) atoms. The highest BCUT2D eigenvalue weighted by molar-refractivity contribution is 7.09. The van der Waals surface area contributed by atoms with Crippen molar-refractivity contribution in [2.45, 2.75) is 19.4 Å². The number of thiophene rings is 1. The predicted octanol–water partition coefficient (Wildman–Crippen LogP) is 3.04. The van der Waals surface area contributed by atoms with Crippen LogP contribution in [0.15, 0.2) is 41.8 Å². The van der Waals surface area contributed by atoms with E-state index in [2.05, 4.69) is 0 Å². The lowest BCUT2D eigenvalue weighted by Gasteiger charge is -2.13. The molecule has 1 aromatic carbocycles. The number of rotatable bonds is 5. The van der Waals surface area contributed by atoms with Crippen molar-refractivity contribution in [1.82, 2.24) is 0 Å². The standard InChI is InChI=1S/C14H16O2S/c1-11-5-2-3-7-14(11)16-10-12(15)9-13-6-4-8-17-13/h2-8,12,15H,9-10H2,1H3. The molecular weight excluding hydrogens is 232 g/mol. The molecule has 2 aromatic rings. The summed E-state index contributed by atoms with van der Waals surface area (Å²) in [4.78, 5) is 1.19. The molecule has 0 bridgehead atoms. The number of hydrogen-bond donors (Lipinski definition) is 1. The van der Waals surface area contributed by atoms with Gasteiger partial charge in [0.2, 0.25) is 0 Å². The number of aryl methyl sites for hydroxylation is 1. The molecular formula is C14H16O2S. The van der Waals surface area contributed by atoms with Gasteiger partial charge in [0.25, 0.3) is 0 Å². The van der Waals surface area contributed by atoms with Crippen molar-refractivity contribution in [2.75, 3.05) is 6.61 Å². The summed E-state index contributed by atoms with van der Waals surface area (Å²) in [5, 5.41) is 11.9. The quantitative estimate of drug-likeness (QED) is 0.881. The Hall–Kier alpha value is -1.32. The van der Waals surface area contributed by atoms with Crippen LogP contribution in [0, 0.1) is 6.92 Å². The van der Waals surface area contributed by atoms with Crippen molar-refractivity contribution in [2.24, 2.45) is 0 Å². The van der Waals surface area contributed by atoms with E-state index in [0.29, 0.717) is 13.0 Å². The molecule has 0 saturated carbocycles. The van der Waals surface area contributed by atoms with Crippen LogP contribution in [0.2, 0.25) is 0 Å². The molecule has 0 radical (unpaired) electrons. The summed E-state index contributed by atoms with van der Waals surface area (Å²) in [6.45, 7) is 2.34. The summed E-state index contributed by atoms with van der Waals surface area (Å²) in [7, 11) is 0. The van der Waals surface area contributed by atoms with Crippen LogP contribution >= 0.6 is 11.3 Å². The van der Waals surface area contributed by atoms with Crippen molar-refractivity contribution in [3.8, 4) is 5.75 Å². The maximum atomic E-state index is 9.85. The zero-order valence-electron chi connectivity index (χ0n) is 9.80. The van der Waals surface area contributed by atoms with Gasteiger partial charge in [-0.1, -0.05) is 24.3 Å². The number of aliphatic hydroxyl groups is 1. The topological polar surface area (TPSA) is 29.5 Å². The third-order valence-corrected chi connectivity index (χ3v) is 3.44. The Morgan fingerprint density at radius 1 is 1.24 bits per heavy atom. The van der Waals surface area contributed by atoms with Crippen LogP contribution in [-0.4, -0.2) is 17.8 Å². The molecule has 1 heterocycles. The fourth-order valence-corrected chi connectivity index (χ4v) is 2.40. The molecule has 90 valence electrons. The molecule has 2 nitrogen and oxygen atoms in total. The average molecular weight is 248 g/mol. The second kappa shape index (κ2) is 5.84. The molecule has 1 aromatic heterocycles. The van der Waals surface area contributed by atoms with E-state index < -0.39 is 6.10 Å². The zero-order chi connectivity index (χ0) is 12.1. The molecule has 0 aliphatic rings. The minimum absolute atomic E-state index is 0.336. The van der Waals surface area contributed by atoms with Crippen LogP contribution in [0.3, 0.4) is 0 Å². The third kappa shape index (κ3) is 3.58. The Kier molecular flexibility index (Phi) is 4.18. The Morgan fingerprint density at radius 3 is 2.76 bits per heavy atom. The highest BCUT2D eigenvalue weighted by Crippen LogP contribution is 2.17. The summed E-state index contributed by atoms with van der Waals surface area (Å²) in [5.41, 5.74) is 1.09. The monoisotopic (exact) mass is 248 g/mol. The smallest absolute Gasteiger partial charge is 0.122 e. The number of benzene rings is 1. The van der Waals surface area contributed by atoms with Gasteiger partial charge in [-0.05, 0) is 30.0 Å². The molecule has 1 unspecified atom stereocenters. The Labute approximate surface area is 105 Å². The van der Waals surface area contributed by atoms with Crippen LogP contribution in [0.1, 0.15) is 10.4 Å². The maximum Gasteiger partial charge on any atom is 0.122 e. The van der Waals surface area contributed by atoms with Crippen LogP contribution in [0.25, 0.3) is 0 Å². The second-order valence-corrected chi connectivity index (χ2v) is 5.05. The molecule has 0 aliphatic carbocycles. The first-order chi connectivity index (χ1) is 8.25. The fraction of sp³-hybridized carbons (Fsp3) is 0.286. The highest BCUT2D eigenvalue weighted by Gasteiger charge is 2.08. The van der Waals surface area contributed by atoms with Crippen molar-refractivity contribution in [3.05, 3.63) is 52.2 Å². The minimum Gasteiger partial charge on any atom is -0.491 e. The number of ether oxygens (including phenoxy) is 1. The Morgan fingerprint density at radius 2 is 2.06 bits per heavy atom. The predicted molar refractivity (Wildman–Crippen MR) is 70.7 cm³/mol. The molecule has 0 saturated heterocycles. The first kappa shape index (κ1) is 12.1. The SMILES string of the molecule is Cc1ccccc1OCC(O)Cc1cccs1. The maximum absolute atomic E-state index is 9.85. The summed E-state index contributed by atoms with van der Waals surface area (Å²) in [6.07, 6.45) is 0.206. The first-order valence-electron chi connectivity index (χ1n) is 5.64. The zero-order valence-corrected chi connectivity index (χ0v) is 10.6. The van der Waals surface area contributed by atoms with E-state index in [1.165, 1.54) is 4.88 Å². The lowest BCUT2D eigenvalue weighted by atomic mass is 10.2. The lowest BCUT2D eigenvalue weighted by molar-refractivity contribution is 0.108. The average Bonchev–Trinajstić information content (AvgIpc) is 2.81. The van der Waals surface area contributed by atoms with Crippen LogP contribution in [0.5, 0.6) is 5.75 Å². The summed E-state index contributed by atoms with van der Waals surface area (Å²) >= 11 is 1.66. The van der Waals surface area contributed by atoms with E-state index in [9.17, 15) is 5.11 Å². The van der Waals surface area contributed by atoms with Gasteiger partial charge < -0.3 is 9.84 Å². The first-order valence-corrected chi connectivity index (χ1v) is 6.52. The summed E-state index contributed by atoms with van der Waals surface area (Å²) in [5.74, 6) is 0.845. The number of aliphatic hydroxyl groups excluding tert-OH is 1. The second-order valence-electron chi connectivity index (χ2n) is 4.01. The molecule has 3 heteroatoms. The summed E-state index contributed by atoms with van der Waals surface area (Å²) in [6, 6.07) is 11.9. The van der Waals surface area contributed by atoms with E-state index in [1.54, 1.807) is 11.3 Å². The molecule has 1 N–H and O–H groups in total. The molecule has 2 rings (SSSR count). The minimum atomic E-state index is -0.451. The van der Waals surface area contributed by atoms with E-state index in [0.717, 1.165) is 11.3 Å². The normalized spacial score (nSPS) is 12.4.